The van der Waals surface area contributed by atoms with Gasteiger partial charge in [0.1, 0.15) is 5.82 Å². The van der Waals surface area contributed by atoms with Crippen LogP contribution in [0, 0.1) is 11.7 Å². The van der Waals surface area contributed by atoms with Gasteiger partial charge in [0, 0.05) is 17.6 Å². The maximum absolute atomic E-state index is 13.1. The van der Waals surface area contributed by atoms with Crippen molar-refractivity contribution < 1.29 is 14.3 Å². The van der Waals surface area contributed by atoms with E-state index in [0.29, 0.717) is 28.8 Å². The molecule has 0 spiro atoms. The van der Waals surface area contributed by atoms with Crippen LogP contribution in [0.1, 0.15) is 29.8 Å². The average molecular weight is 247 g/mol. The van der Waals surface area contributed by atoms with E-state index < -0.39 is 11.8 Å². The van der Waals surface area contributed by atoms with Gasteiger partial charge in [-0.25, -0.2) is 9.18 Å². The lowest BCUT2D eigenvalue weighted by Gasteiger charge is -2.11. The number of benzene rings is 1. The maximum Gasteiger partial charge on any atom is 0.336 e. The number of carboxylic acid groups (broad SMARTS) is 1. The minimum atomic E-state index is -0.996. The van der Waals surface area contributed by atoms with Crippen molar-refractivity contribution in [3.8, 4) is 0 Å². The van der Waals surface area contributed by atoms with Crippen LogP contribution in [0.4, 0.5) is 4.39 Å². The highest BCUT2D eigenvalue weighted by Crippen LogP contribution is 2.23. The molecule has 1 N–H and O–H groups in total. The standard InChI is InChI=1S/C14H14FNO2/c1-8(2)5-9-7-16-12-6-10(15)3-4-11(12)13(9)14(17)18/h3-4,6-8H,5H2,1-2H3,(H,17,18). The molecule has 0 amide bonds. The van der Waals surface area contributed by atoms with Gasteiger partial charge >= 0.3 is 5.97 Å². The molecule has 0 aliphatic rings. The molecule has 3 nitrogen and oxygen atoms in total. The number of hydrogen-bond donors (Lipinski definition) is 1. The predicted molar refractivity (Wildman–Crippen MR) is 67.2 cm³/mol. The Hall–Kier alpha value is -1.97. The van der Waals surface area contributed by atoms with Crippen LogP contribution >= 0.6 is 0 Å². The summed E-state index contributed by atoms with van der Waals surface area (Å²) >= 11 is 0. The molecule has 0 unspecified atom stereocenters. The number of carboxylic acids is 1. The lowest BCUT2D eigenvalue weighted by Crippen LogP contribution is -2.07. The van der Waals surface area contributed by atoms with Gasteiger partial charge in [-0.15, -0.1) is 0 Å². The zero-order chi connectivity index (χ0) is 13.3. The molecule has 1 heterocycles. The molecule has 18 heavy (non-hydrogen) atoms. The summed E-state index contributed by atoms with van der Waals surface area (Å²) in [6.07, 6.45) is 2.17. The quantitative estimate of drug-likeness (QED) is 0.905. The number of nitrogens with zero attached hydrogens (tertiary/aromatic N) is 1. The third-order valence-corrected chi connectivity index (χ3v) is 2.75. The Balaban J connectivity index is 2.70. The molecule has 94 valence electrons. The van der Waals surface area contributed by atoms with E-state index in [9.17, 15) is 14.3 Å². The number of hydrogen-bond acceptors (Lipinski definition) is 2. The monoisotopic (exact) mass is 247 g/mol. The molecule has 0 radical (unpaired) electrons. The van der Waals surface area contributed by atoms with Crippen LogP contribution in [0.3, 0.4) is 0 Å². The normalized spacial score (nSPS) is 11.1. The van der Waals surface area contributed by atoms with Gasteiger partial charge < -0.3 is 5.11 Å². The Labute approximate surface area is 104 Å². The molecule has 2 rings (SSSR count). The Kier molecular flexibility index (Phi) is 3.28. The SMILES string of the molecule is CC(C)Cc1cnc2cc(F)ccc2c1C(=O)O. The third kappa shape index (κ3) is 2.32. The first-order valence-electron chi connectivity index (χ1n) is 5.79. The molecule has 0 aliphatic carbocycles. The second-order valence-corrected chi connectivity index (χ2v) is 4.72. The lowest BCUT2D eigenvalue weighted by atomic mass is 9.96. The smallest absolute Gasteiger partial charge is 0.336 e. The first-order chi connectivity index (χ1) is 8.49. The van der Waals surface area contributed by atoms with E-state index in [4.69, 9.17) is 0 Å². The predicted octanol–water partition coefficient (Wildman–Crippen LogP) is 3.27. The summed E-state index contributed by atoms with van der Waals surface area (Å²) in [6, 6.07) is 3.99. The Bertz CT molecular complexity index is 608. The first kappa shape index (κ1) is 12.5. The van der Waals surface area contributed by atoms with Gasteiger partial charge in [0.2, 0.25) is 0 Å². The topological polar surface area (TPSA) is 50.2 Å². The van der Waals surface area contributed by atoms with Crippen LogP contribution in [0.25, 0.3) is 10.9 Å². The Morgan fingerprint density at radius 2 is 2.17 bits per heavy atom. The first-order valence-corrected chi connectivity index (χ1v) is 5.79. The summed E-state index contributed by atoms with van der Waals surface area (Å²) < 4.78 is 13.1. The van der Waals surface area contributed by atoms with E-state index in [1.54, 1.807) is 0 Å². The van der Waals surface area contributed by atoms with Crippen molar-refractivity contribution in [1.29, 1.82) is 0 Å². The van der Waals surface area contributed by atoms with E-state index in [1.165, 1.54) is 24.4 Å². The molecule has 0 aliphatic heterocycles. The van der Waals surface area contributed by atoms with E-state index in [0.717, 1.165) is 0 Å². The van der Waals surface area contributed by atoms with Crippen molar-refractivity contribution in [1.82, 2.24) is 4.98 Å². The summed E-state index contributed by atoms with van der Waals surface area (Å²) in [6.45, 7) is 4.03. The molecule has 0 saturated heterocycles. The summed E-state index contributed by atoms with van der Waals surface area (Å²) in [5, 5.41) is 9.81. The summed E-state index contributed by atoms with van der Waals surface area (Å²) in [4.78, 5) is 15.5. The summed E-state index contributed by atoms with van der Waals surface area (Å²) in [5.41, 5.74) is 1.30. The molecule has 2 aromatic rings. The highest BCUT2D eigenvalue weighted by atomic mass is 19.1. The number of aromatic carboxylic acids is 1. The van der Waals surface area contributed by atoms with Gasteiger partial charge in [-0.05, 0) is 30.0 Å². The third-order valence-electron chi connectivity index (χ3n) is 2.75. The van der Waals surface area contributed by atoms with Crippen molar-refractivity contribution in [3.63, 3.8) is 0 Å². The van der Waals surface area contributed by atoms with E-state index in [-0.39, 0.29) is 5.56 Å². The second-order valence-electron chi connectivity index (χ2n) is 4.72. The zero-order valence-electron chi connectivity index (χ0n) is 10.3. The van der Waals surface area contributed by atoms with Crippen LogP contribution < -0.4 is 0 Å². The maximum atomic E-state index is 13.1. The van der Waals surface area contributed by atoms with Crippen molar-refractivity contribution in [3.05, 3.63) is 41.3 Å². The average Bonchev–Trinajstić information content (AvgIpc) is 2.27. The van der Waals surface area contributed by atoms with Crippen molar-refractivity contribution >= 4 is 16.9 Å². The molecule has 1 aromatic heterocycles. The van der Waals surface area contributed by atoms with Gasteiger partial charge in [-0.1, -0.05) is 13.8 Å². The van der Waals surface area contributed by atoms with Crippen LogP contribution in [0.15, 0.2) is 24.4 Å². The second kappa shape index (κ2) is 4.72. The summed E-state index contributed by atoms with van der Waals surface area (Å²) in [7, 11) is 0. The molecule has 0 bridgehead atoms. The molecule has 4 heteroatoms. The van der Waals surface area contributed by atoms with Gasteiger partial charge in [-0.3, -0.25) is 4.98 Å². The van der Waals surface area contributed by atoms with Gasteiger partial charge in [-0.2, -0.15) is 0 Å². The minimum Gasteiger partial charge on any atom is -0.478 e. The van der Waals surface area contributed by atoms with Crippen molar-refractivity contribution in [2.75, 3.05) is 0 Å². The Morgan fingerprint density at radius 3 is 2.78 bits per heavy atom. The number of aromatic nitrogens is 1. The lowest BCUT2D eigenvalue weighted by molar-refractivity contribution is 0.0697. The van der Waals surface area contributed by atoms with Crippen LogP contribution in [0.5, 0.6) is 0 Å². The molecule has 0 saturated carbocycles. The zero-order valence-corrected chi connectivity index (χ0v) is 10.3. The molecule has 0 atom stereocenters. The fourth-order valence-electron chi connectivity index (χ4n) is 2.06. The fraction of sp³-hybridized carbons (Fsp3) is 0.286. The van der Waals surface area contributed by atoms with E-state index in [2.05, 4.69) is 4.98 Å². The molecule has 0 fully saturated rings. The number of pyridine rings is 1. The van der Waals surface area contributed by atoms with Crippen molar-refractivity contribution in [2.24, 2.45) is 5.92 Å². The minimum absolute atomic E-state index is 0.230. The van der Waals surface area contributed by atoms with Gasteiger partial charge in [0.15, 0.2) is 0 Å². The molecular weight excluding hydrogens is 233 g/mol. The fourth-order valence-corrected chi connectivity index (χ4v) is 2.06. The number of fused-ring (bicyclic) bond motifs is 1. The van der Waals surface area contributed by atoms with E-state index in [1.807, 2.05) is 13.8 Å². The Morgan fingerprint density at radius 1 is 1.44 bits per heavy atom. The van der Waals surface area contributed by atoms with Gasteiger partial charge in [0.05, 0.1) is 11.1 Å². The van der Waals surface area contributed by atoms with Crippen molar-refractivity contribution in [2.45, 2.75) is 20.3 Å². The number of halogens is 1. The molecular formula is C14H14FNO2. The highest BCUT2D eigenvalue weighted by Gasteiger charge is 2.16. The van der Waals surface area contributed by atoms with Crippen LogP contribution in [-0.2, 0) is 6.42 Å². The number of rotatable bonds is 3. The summed E-state index contributed by atoms with van der Waals surface area (Å²) in [5.74, 6) is -1.07. The number of carbonyl (C=O) groups is 1. The highest BCUT2D eigenvalue weighted by molar-refractivity contribution is 6.03. The molecule has 1 aromatic carbocycles. The largest absolute Gasteiger partial charge is 0.478 e. The van der Waals surface area contributed by atoms with Crippen LogP contribution in [-0.4, -0.2) is 16.1 Å². The van der Waals surface area contributed by atoms with Crippen LogP contribution in [0.2, 0.25) is 0 Å². The van der Waals surface area contributed by atoms with Gasteiger partial charge in [0.25, 0.3) is 0 Å². The van der Waals surface area contributed by atoms with E-state index >= 15 is 0 Å².